The largest absolute Gasteiger partial charge is 0.472 e. The monoisotopic (exact) mass is 499 g/mol. The highest BCUT2D eigenvalue weighted by atomic mass is 16.5. The highest BCUT2D eigenvalue weighted by Crippen LogP contribution is 2.57. The van der Waals surface area contributed by atoms with Gasteiger partial charge in [0.25, 0.3) is 0 Å². The summed E-state index contributed by atoms with van der Waals surface area (Å²) < 4.78 is 7.34. The summed E-state index contributed by atoms with van der Waals surface area (Å²) in [6, 6.07) is 31.3. The lowest BCUT2D eigenvalue weighted by Gasteiger charge is -2.56. The van der Waals surface area contributed by atoms with E-state index in [9.17, 15) is 0 Å². The van der Waals surface area contributed by atoms with Gasteiger partial charge in [-0.05, 0) is 96.1 Å². The lowest BCUT2D eigenvalue weighted by molar-refractivity contribution is -0.180. The van der Waals surface area contributed by atoms with Gasteiger partial charge in [0, 0.05) is 18.3 Å². The third-order valence-electron chi connectivity index (χ3n) is 9.48. The van der Waals surface area contributed by atoms with Gasteiger partial charge in [-0.25, -0.2) is 0 Å². The number of fused-ring (bicyclic) bond motifs is 3. The van der Waals surface area contributed by atoms with Gasteiger partial charge in [0.1, 0.15) is 5.76 Å². The van der Waals surface area contributed by atoms with Crippen molar-refractivity contribution in [3.05, 3.63) is 113 Å². The van der Waals surface area contributed by atoms with E-state index in [1.54, 1.807) is 0 Å². The molecule has 0 aromatic heterocycles. The summed E-state index contributed by atoms with van der Waals surface area (Å²) in [6.45, 7) is 0. The van der Waals surface area contributed by atoms with Crippen LogP contribution >= 0.6 is 0 Å². The first kappa shape index (κ1) is 23.7. The molecule has 2 aliphatic carbocycles. The average molecular weight is 500 g/mol. The van der Waals surface area contributed by atoms with Crippen molar-refractivity contribution in [1.82, 2.24) is 4.90 Å². The molecule has 2 nitrogen and oxygen atoms in total. The number of nitrogens with zero attached hydrogens (tertiary/aromatic N) is 1. The van der Waals surface area contributed by atoms with Crippen LogP contribution in [0.4, 0.5) is 0 Å². The molecule has 7 rings (SSSR count). The van der Waals surface area contributed by atoms with E-state index >= 15 is 0 Å². The standard InChI is InChI=1S/C36H37NO/c1-37(2)36-23-8-7-22-33(36)34(31-20-10-15-26-13-4-6-19-30(26)31)32-21-11-17-28(35(32)38-36)24-27-16-9-14-25-12-3-5-18-29(25)27/h3-6,9-10,12-16,18-20,24,33-34H,7-8,11,17,21-23H2,1-2H3/b28-24+/t33-,34+,36-/m0/s1. The van der Waals surface area contributed by atoms with E-state index in [1.807, 2.05) is 0 Å². The fourth-order valence-corrected chi connectivity index (χ4v) is 7.73. The fraction of sp³-hybridized carbons (Fsp3) is 0.333. The first-order valence-electron chi connectivity index (χ1n) is 14.4. The van der Waals surface area contributed by atoms with Crippen molar-refractivity contribution in [3.8, 4) is 0 Å². The van der Waals surface area contributed by atoms with E-state index in [0.29, 0.717) is 11.8 Å². The molecule has 0 amide bonds. The maximum Gasteiger partial charge on any atom is 0.166 e. The van der Waals surface area contributed by atoms with Crippen LogP contribution in [-0.2, 0) is 4.74 Å². The Bertz CT molecular complexity index is 1570. The van der Waals surface area contributed by atoms with E-state index in [2.05, 4.69) is 110 Å². The van der Waals surface area contributed by atoms with Crippen molar-refractivity contribution >= 4 is 27.6 Å². The van der Waals surface area contributed by atoms with Gasteiger partial charge in [0.05, 0.1) is 0 Å². The summed E-state index contributed by atoms with van der Waals surface area (Å²) in [7, 11) is 4.47. The summed E-state index contributed by atoms with van der Waals surface area (Å²) in [6.07, 6.45) is 10.6. The van der Waals surface area contributed by atoms with Crippen LogP contribution in [0.2, 0.25) is 0 Å². The summed E-state index contributed by atoms with van der Waals surface area (Å²) in [5.74, 6) is 2.02. The zero-order chi connectivity index (χ0) is 25.7. The predicted octanol–water partition coefficient (Wildman–Crippen LogP) is 9.08. The fourth-order valence-electron chi connectivity index (χ4n) is 7.73. The van der Waals surface area contributed by atoms with Crippen molar-refractivity contribution in [3.63, 3.8) is 0 Å². The molecule has 1 aliphatic heterocycles. The molecular formula is C36H37NO. The molecule has 1 saturated carbocycles. The zero-order valence-electron chi connectivity index (χ0n) is 22.6. The summed E-state index contributed by atoms with van der Waals surface area (Å²) in [4.78, 5) is 2.41. The second kappa shape index (κ2) is 9.43. The average Bonchev–Trinajstić information content (AvgIpc) is 2.96. The molecule has 1 fully saturated rings. The lowest BCUT2D eigenvalue weighted by Crippen LogP contribution is -2.58. The van der Waals surface area contributed by atoms with Gasteiger partial charge in [-0.2, -0.15) is 0 Å². The highest BCUT2D eigenvalue weighted by Gasteiger charge is 2.54. The third-order valence-corrected chi connectivity index (χ3v) is 9.48. The lowest BCUT2D eigenvalue weighted by atomic mass is 9.63. The van der Waals surface area contributed by atoms with E-state index in [4.69, 9.17) is 4.74 Å². The van der Waals surface area contributed by atoms with Crippen LogP contribution in [0.1, 0.15) is 62.0 Å². The third kappa shape index (κ3) is 3.73. The number of benzene rings is 4. The van der Waals surface area contributed by atoms with E-state index in [0.717, 1.165) is 19.3 Å². The molecule has 38 heavy (non-hydrogen) atoms. The number of ether oxygens (including phenoxy) is 1. The molecule has 0 bridgehead atoms. The first-order chi connectivity index (χ1) is 18.7. The quantitative estimate of drug-likeness (QED) is 0.279. The van der Waals surface area contributed by atoms with Gasteiger partial charge in [-0.3, -0.25) is 4.90 Å². The van der Waals surface area contributed by atoms with Crippen LogP contribution in [0.5, 0.6) is 0 Å². The topological polar surface area (TPSA) is 12.5 Å². The van der Waals surface area contributed by atoms with Crippen LogP contribution < -0.4 is 0 Å². The van der Waals surface area contributed by atoms with E-state index in [-0.39, 0.29) is 5.72 Å². The smallest absolute Gasteiger partial charge is 0.166 e. The minimum absolute atomic E-state index is 0.270. The Morgan fingerprint density at radius 2 is 1.47 bits per heavy atom. The second-order valence-corrected chi connectivity index (χ2v) is 11.7. The number of hydrogen-bond donors (Lipinski definition) is 0. The summed E-state index contributed by atoms with van der Waals surface area (Å²) in [5, 5.41) is 5.35. The van der Waals surface area contributed by atoms with Crippen LogP contribution in [0, 0.1) is 5.92 Å². The predicted molar refractivity (Wildman–Crippen MR) is 159 cm³/mol. The second-order valence-electron chi connectivity index (χ2n) is 11.7. The van der Waals surface area contributed by atoms with Gasteiger partial charge >= 0.3 is 0 Å². The Labute approximate surface area is 226 Å². The Kier molecular flexibility index (Phi) is 5.89. The number of rotatable bonds is 3. The zero-order valence-corrected chi connectivity index (χ0v) is 22.6. The maximum atomic E-state index is 7.34. The Morgan fingerprint density at radius 1 is 0.763 bits per heavy atom. The normalized spacial score (nSPS) is 26.4. The van der Waals surface area contributed by atoms with Crippen molar-refractivity contribution in [2.24, 2.45) is 5.92 Å². The maximum absolute atomic E-state index is 7.34. The molecule has 3 aliphatic rings. The Hall–Kier alpha value is -3.36. The SMILES string of the molecule is CN(C)[C@]12CCCC[C@H]1[C@H](c1cccc3ccccc13)C1=C(O2)/C(=C/c2cccc3ccccc23)CCC1. The minimum atomic E-state index is -0.270. The van der Waals surface area contributed by atoms with Crippen molar-refractivity contribution in [2.45, 2.75) is 56.6 Å². The molecule has 4 aromatic rings. The van der Waals surface area contributed by atoms with Gasteiger partial charge < -0.3 is 4.74 Å². The molecule has 4 aromatic carbocycles. The van der Waals surface area contributed by atoms with Gasteiger partial charge in [0.15, 0.2) is 5.72 Å². The van der Waals surface area contributed by atoms with Crippen LogP contribution in [0.3, 0.4) is 0 Å². The van der Waals surface area contributed by atoms with Gasteiger partial charge in [0.2, 0.25) is 0 Å². The number of hydrogen-bond acceptors (Lipinski definition) is 2. The first-order valence-corrected chi connectivity index (χ1v) is 14.4. The molecule has 0 radical (unpaired) electrons. The Morgan fingerprint density at radius 3 is 2.29 bits per heavy atom. The van der Waals surface area contributed by atoms with E-state index < -0.39 is 0 Å². The molecule has 192 valence electrons. The van der Waals surface area contributed by atoms with Crippen LogP contribution in [-0.4, -0.2) is 24.7 Å². The van der Waals surface area contributed by atoms with Crippen LogP contribution in [0.25, 0.3) is 27.6 Å². The summed E-state index contributed by atoms with van der Waals surface area (Å²) in [5.41, 5.74) is 5.42. The van der Waals surface area contributed by atoms with Crippen molar-refractivity contribution in [2.75, 3.05) is 14.1 Å². The summed E-state index contributed by atoms with van der Waals surface area (Å²) >= 11 is 0. The molecule has 0 N–H and O–H groups in total. The van der Waals surface area contributed by atoms with Gasteiger partial charge in [-0.15, -0.1) is 0 Å². The Balaban J connectivity index is 1.46. The van der Waals surface area contributed by atoms with Crippen molar-refractivity contribution < 1.29 is 4.74 Å². The highest BCUT2D eigenvalue weighted by molar-refractivity contribution is 5.91. The molecule has 0 saturated heterocycles. The van der Waals surface area contributed by atoms with Gasteiger partial charge in [-0.1, -0.05) is 91.3 Å². The number of allylic oxidation sites excluding steroid dienone is 2. The van der Waals surface area contributed by atoms with E-state index in [1.165, 1.54) is 75.3 Å². The van der Waals surface area contributed by atoms with Crippen molar-refractivity contribution in [1.29, 1.82) is 0 Å². The minimum Gasteiger partial charge on any atom is -0.472 e. The molecule has 2 heteroatoms. The molecular weight excluding hydrogens is 462 g/mol. The molecule has 3 atom stereocenters. The molecule has 1 heterocycles. The molecule has 0 spiro atoms. The van der Waals surface area contributed by atoms with Crippen LogP contribution in [0.15, 0.2) is 102 Å². The molecule has 0 unspecified atom stereocenters.